The molecule has 2 aromatic carbocycles. The summed E-state index contributed by atoms with van der Waals surface area (Å²) >= 11 is 0. The second-order valence-corrected chi connectivity index (χ2v) is 5.39. The molecule has 1 aliphatic heterocycles. The molecular formula is C18H17FN2O. The van der Waals surface area contributed by atoms with Gasteiger partial charge >= 0.3 is 0 Å². The molecule has 4 heteroatoms. The lowest BCUT2D eigenvalue weighted by molar-refractivity contribution is -0.115. The van der Waals surface area contributed by atoms with Crippen molar-refractivity contribution < 1.29 is 9.18 Å². The topological polar surface area (TPSA) is 55.1 Å². The normalized spacial score (nSPS) is 14.5. The molecule has 0 atom stereocenters. The fourth-order valence-corrected chi connectivity index (χ4v) is 2.65. The van der Waals surface area contributed by atoms with Crippen LogP contribution >= 0.6 is 0 Å². The molecule has 2 aromatic rings. The van der Waals surface area contributed by atoms with Crippen molar-refractivity contribution in [3.05, 3.63) is 65.0 Å². The quantitative estimate of drug-likeness (QED) is 0.856. The largest absolute Gasteiger partial charge is 0.364 e. The molecule has 0 saturated carbocycles. The van der Waals surface area contributed by atoms with Crippen LogP contribution in [0, 0.1) is 0 Å². The number of amides is 1. The number of carbonyl (C=O) groups excluding carboxylic acids is 1. The smallest absolute Gasteiger partial charge is 0.277 e. The van der Waals surface area contributed by atoms with Crippen LogP contribution in [0.15, 0.2) is 48.3 Å². The van der Waals surface area contributed by atoms with Gasteiger partial charge in [0.05, 0.1) is 0 Å². The summed E-state index contributed by atoms with van der Waals surface area (Å²) in [6.07, 6.45) is 2.20. The van der Waals surface area contributed by atoms with Gasteiger partial charge in [0.15, 0.2) is 5.83 Å². The van der Waals surface area contributed by atoms with Crippen LogP contribution in [0.25, 0.3) is 17.2 Å². The van der Waals surface area contributed by atoms with Gasteiger partial charge in [-0.15, -0.1) is 0 Å². The van der Waals surface area contributed by atoms with E-state index in [-0.39, 0.29) is 0 Å². The van der Waals surface area contributed by atoms with Crippen molar-refractivity contribution in [3.8, 4) is 11.1 Å². The van der Waals surface area contributed by atoms with Crippen molar-refractivity contribution in [1.29, 1.82) is 0 Å². The van der Waals surface area contributed by atoms with Gasteiger partial charge in [-0.05, 0) is 52.9 Å². The molecule has 0 spiro atoms. The van der Waals surface area contributed by atoms with E-state index in [0.717, 1.165) is 36.7 Å². The number of nitrogens with two attached hydrogens (primary N) is 1. The van der Waals surface area contributed by atoms with Crippen molar-refractivity contribution >= 4 is 12.0 Å². The van der Waals surface area contributed by atoms with Gasteiger partial charge in [0.1, 0.15) is 0 Å². The molecule has 0 bridgehead atoms. The minimum atomic E-state index is -1.05. The van der Waals surface area contributed by atoms with Crippen molar-refractivity contribution in [3.63, 3.8) is 0 Å². The van der Waals surface area contributed by atoms with Gasteiger partial charge in [0, 0.05) is 6.54 Å². The van der Waals surface area contributed by atoms with E-state index in [1.807, 2.05) is 12.1 Å². The van der Waals surface area contributed by atoms with Gasteiger partial charge in [0.25, 0.3) is 5.91 Å². The maximum atomic E-state index is 13.2. The zero-order valence-electron chi connectivity index (χ0n) is 12.1. The number of primary amides is 1. The molecule has 112 valence electrons. The van der Waals surface area contributed by atoms with Crippen LogP contribution in [0.3, 0.4) is 0 Å². The summed E-state index contributed by atoms with van der Waals surface area (Å²) < 4.78 is 13.2. The van der Waals surface area contributed by atoms with Crippen molar-refractivity contribution in [1.82, 2.24) is 5.32 Å². The Labute approximate surface area is 128 Å². The fourth-order valence-electron chi connectivity index (χ4n) is 2.65. The van der Waals surface area contributed by atoms with Gasteiger partial charge < -0.3 is 11.1 Å². The zero-order chi connectivity index (χ0) is 15.5. The minimum absolute atomic E-state index is 0.611. The molecule has 0 aliphatic carbocycles. The summed E-state index contributed by atoms with van der Waals surface area (Å²) in [6, 6.07) is 13.8. The zero-order valence-corrected chi connectivity index (χ0v) is 12.1. The molecule has 1 amide bonds. The van der Waals surface area contributed by atoms with E-state index in [9.17, 15) is 9.18 Å². The van der Waals surface area contributed by atoms with Gasteiger partial charge in [-0.25, -0.2) is 4.39 Å². The lowest BCUT2D eigenvalue weighted by Crippen LogP contribution is -2.23. The van der Waals surface area contributed by atoms with E-state index >= 15 is 0 Å². The van der Waals surface area contributed by atoms with Crippen LogP contribution < -0.4 is 11.1 Å². The average molecular weight is 296 g/mol. The molecule has 0 saturated heterocycles. The van der Waals surface area contributed by atoms with Crippen molar-refractivity contribution in [2.75, 3.05) is 6.54 Å². The summed E-state index contributed by atoms with van der Waals surface area (Å²) in [5.74, 6) is -1.99. The third kappa shape index (κ3) is 3.07. The summed E-state index contributed by atoms with van der Waals surface area (Å²) in [7, 11) is 0. The monoisotopic (exact) mass is 296 g/mol. The lowest BCUT2D eigenvalue weighted by Gasteiger charge is -2.18. The lowest BCUT2D eigenvalue weighted by atomic mass is 9.95. The number of hydrogen-bond donors (Lipinski definition) is 2. The van der Waals surface area contributed by atoms with E-state index in [1.54, 1.807) is 12.1 Å². The Morgan fingerprint density at radius 3 is 2.55 bits per heavy atom. The Balaban J connectivity index is 1.87. The highest BCUT2D eigenvalue weighted by Gasteiger charge is 2.09. The summed E-state index contributed by atoms with van der Waals surface area (Å²) in [5.41, 5.74) is 10.4. The Morgan fingerprint density at radius 2 is 1.82 bits per heavy atom. The van der Waals surface area contributed by atoms with Crippen LogP contribution in [0.5, 0.6) is 0 Å². The molecule has 0 unspecified atom stereocenters. The summed E-state index contributed by atoms with van der Waals surface area (Å²) in [4.78, 5) is 10.7. The van der Waals surface area contributed by atoms with E-state index in [2.05, 4.69) is 23.5 Å². The summed E-state index contributed by atoms with van der Waals surface area (Å²) in [5, 5.41) is 3.37. The number of hydrogen-bond acceptors (Lipinski definition) is 2. The first kappa shape index (κ1) is 14.5. The SMILES string of the molecule is NC(=O)C(F)=Cc1ccc(-c2ccc3c(c2)CNCC3)cc1. The molecule has 22 heavy (non-hydrogen) atoms. The summed E-state index contributed by atoms with van der Waals surface area (Å²) in [6.45, 7) is 1.92. The van der Waals surface area contributed by atoms with E-state index in [0.29, 0.717) is 5.56 Å². The first-order chi connectivity index (χ1) is 10.6. The molecule has 3 nitrogen and oxygen atoms in total. The maximum Gasteiger partial charge on any atom is 0.277 e. The molecule has 0 radical (unpaired) electrons. The predicted octanol–water partition coefficient (Wildman–Crippen LogP) is 2.80. The van der Waals surface area contributed by atoms with Gasteiger partial charge in [-0.3, -0.25) is 4.79 Å². The third-order valence-corrected chi connectivity index (χ3v) is 3.87. The van der Waals surface area contributed by atoms with Gasteiger partial charge in [0.2, 0.25) is 0 Å². The van der Waals surface area contributed by atoms with Crippen LogP contribution in [-0.4, -0.2) is 12.5 Å². The van der Waals surface area contributed by atoms with Crippen LogP contribution in [0.4, 0.5) is 4.39 Å². The van der Waals surface area contributed by atoms with Crippen molar-refractivity contribution in [2.45, 2.75) is 13.0 Å². The Kier molecular flexibility index (Phi) is 4.02. The highest BCUT2D eigenvalue weighted by Crippen LogP contribution is 2.25. The first-order valence-electron chi connectivity index (χ1n) is 7.23. The van der Waals surface area contributed by atoms with Crippen LogP contribution in [-0.2, 0) is 17.8 Å². The standard InChI is InChI=1S/C18H17FN2O/c19-17(18(20)22)9-12-1-3-13(4-2-12)15-6-5-14-7-8-21-11-16(14)10-15/h1-6,9-10,21H,7-8,11H2,(H2,20,22). The molecule has 3 rings (SSSR count). The first-order valence-corrected chi connectivity index (χ1v) is 7.23. The van der Waals surface area contributed by atoms with Gasteiger partial charge in [-0.1, -0.05) is 36.4 Å². The molecule has 0 fully saturated rings. The number of benzene rings is 2. The molecule has 0 aromatic heterocycles. The fraction of sp³-hybridized carbons (Fsp3) is 0.167. The van der Waals surface area contributed by atoms with Crippen molar-refractivity contribution in [2.24, 2.45) is 5.73 Å². The third-order valence-electron chi connectivity index (χ3n) is 3.87. The van der Waals surface area contributed by atoms with Gasteiger partial charge in [-0.2, -0.15) is 0 Å². The second-order valence-electron chi connectivity index (χ2n) is 5.39. The van der Waals surface area contributed by atoms with E-state index < -0.39 is 11.7 Å². The number of halogens is 1. The molecular weight excluding hydrogens is 279 g/mol. The number of rotatable bonds is 3. The Morgan fingerprint density at radius 1 is 1.09 bits per heavy atom. The van der Waals surface area contributed by atoms with Crippen LogP contribution in [0.2, 0.25) is 0 Å². The second kappa shape index (κ2) is 6.12. The molecule has 1 heterocycles. The highest BCUT2D eigenvalue weighted by molar-refractivity contribution is 5.94. The number of carbonyl (C=O) groups is 1. The van der Waals surface area contributed by atoms with E-state index in [4.69, 9.17) is 5.73 Å². The number of nitrogens with one attached hydrogen (secondary N) is 1. The Bertz CT molecular complexity index is 735. The maximum absolute atomic E-state index is 13.2. The highest BCUT2D eigenvalue weighted by atomic mass is 19.1. The van der Waals surface area contributed by atoms with Crippen LogP contribution in [0.1, 0.15) is 16.7 Å². The predicted molar refractivity (Wildman–Crippen MR) is 85.6 cm³/mol. The van der Waals surface area contributed by atoms with E-state index in [1.165, 1.54) is 11.1 Å². The number of fused-ring (bicyclic) bond motifs is 1. The Hall–Kier alpha value is -2.46. The molecule has 1 aliphatic rings. The molecule has 3 N–H and O–H groups in total. The minimum Gasteiger partial charge on any atom is -0.364 e. The average Bonchev–Trinajstić information content (AvgIpc) is 2.55.